The molecule has 0 radical (unpaired) electrons. The Hall–Kier alpha value is -1.92. The van der Waals surface area contributed by atoms with Crippen LogP contribution in [0.2, 0.25) is 0 Å². The summed E-state index contributed by atoms with van der Waals surface area (Å²) in [4.78, 5) is 24.0. The maximum atomic E-state index is 12.5. The first kappa shape index (κ1) is 15.5. The standard InChI is InChI=1S/C15H20N2O4/c16-8-5-11-3-1-2-4-12(11)13(18)17-15(14(19)20)6-9-21-10-7-15/h1-4H,5-10,16H2,(H,17,18)(H,19,20). The summed E-state index contributed by atoms with van der Waals surface area (Å²) in [7, 11) is 0. The number of hydrogen-bond acceptors (Lipinski definition) is 4. The summed E-state index contributed by atoms with van der Waals surface area (Å²) in [5, 5.41) is 12.2. The monoisotopic (exact) mass is 292 g/mol. The van der Waals surface area contributed by atoms with Gasteiger partial charge in [-0.3, -0.25) is 4.79 Å². The van der Waals surface area contributed by atoms with Crippen LogP contribution in [0.5, 0.6) is 0 Å². The molecule has 1 aliphatic rings. The van der Waals surface area contributed by atoms with Crippen LogP contribution in [0.1, 0.15) is 28.8 Å². The van der Waals surface area contributed by atoms with E-state index in [0.29, 0.717) is 31.7 Å². The van der Waals surface area contributed by atoms with Gasteiger partial charge in [-0.15, -0.1) is 0 Å². The Labute approximate surface area is 123 Å². The van der Waals surface area contributed by atoms with Crippen molar-refractivity contribution in [1.29, 1.82) is 0 Å². The Kier molecular flexibility index (Phi) is 4.93. The molecule has 6 nitrogen and oxygen atoms in total. The molecule has 1 aliphatic heterocycles. The van der Waals surface area contributed by atoms with E-state index in [9.17, 15) is 14.7 Å². The summed E-state index contributed by atoms with van der Waals surface area (Å²) in [6, 6.07) is 7.12. The molecule has 0 aliphatic carbocycles. The summed E-state index contributed by atoms with van der Waals surface area (Å²) in [6.45, 7) is 1.09. The highest BCUT2D eigenvalue weighted by atomic mass is 16.5. The zero-order valence-corrected chi connectivity index (χ0v) is 11.8. The number of rotatable bonds is 5. The molecule has 1 saturated heterocycles. The van der Waals surface area contributed by atoms with E-state index in [-0.39, 0.29) is 18.7 Å². The number of carbonyl (C=O) groups is 2. The molecule has 0 unspecified atom stereocenters. The van der Waals surface area contributed by atoms with E-state index in [4.69, 9.17) is 10.5 Å². The number of ether oxygens (including phenoxy) is 1. The highest BCUT2D eigenvalue weighted by Crippen LogP contribution is 2.22. The van der Waals surface area contributed by atoms with Crippen LogP contribution in [0.25, 0.3) is 0 Å². The zero-order chi connectivity index (χ0) is 15.3. The van der Waals surface area contributed by atoms with Gasteiger partial charge in [-0.05, 0) is 24.6 Å². The Morgan fingerprint density at radius 1 is 1.29 bits per heavy atom. The van der Waals surface area contributed by atoms with Gasteiger partial charge < -0.3 is 20.9 Å². The molecule has 0 bridgehead atoms. The average molecular weight is 292 g/mol. The molecule has 0 saturated carbocycles. The van der Waals surface area contributed by atoms with Crippen molar-refractivity contribution in [1.82, 2.24) is 5.32 Å². The predicted molar refractivity (Wildman–Crippen MR) is 77.1 cm³/mol. The van der Waals surface area contributed by atoms with E-state index in [2.05, 4.69) is 5.32 Å². The quantitative estimate of drug-likeness (QED) is 0.735. The van der Waals surface area contributed by atoms with E-state index < -0.39 is 11.5 Å². The molecule has 1 aromatic carbocycles. The lowest BCUT2D eigenvalue weighted by Gasteiger charge is -2.34. The largest absolute Gasteiger partial charge is 0.480 e. The van der Waals surface area contributed by atoms with Gasteiger partial charge in [-0.2, -0.15) is 0 Å². The minimum absolute atomic E-state index is 0.271. The minimum Gasteiger partial charge on any atom is -0.480 e. The maximum Gasteiger partial charge on any atom is 0.329 e. The predicted octanol–water partition coefficient (Wildman–Crippen LogP) is 0.551. The Morgan fingerprint density at radius 3 is 2.57 bits per heavy atom. The number of nitrogens with two attached hydrogens (primary N) is 1. The van der Waals surface area contributed by atoms with Crippen molar-refractivity contribution in [3.63, 3.8) is 0 Å². The first-order chi connectivity index (χ1) is 10.1. The first-order valence-electron chi connectivity index (χ1n) is 7.01. The third-order valence-corrected chi connectivity index (χ3v) is 3.78. The van der Waals surface area contributed by atoms with Crippen LogP contribution in [0.3, 0.4) is 0 Å². The van der Waals surface area contributed by atoms with Gasteiger partial charge in [0, 0.05) is 31.6 Å². The number of carboxylic acid groups (broad SMARTS) is 1. The lowest BCUT2D eigenvalue weighted by atomic mass is 9.89. The summed E-state index contributed by atoms with van der Waals surface area (Å²) in [5.41, 5.74) is 5.61. The Bertz CT molecular complexity index is 524. The fourth-order valence-corrected chi connectivity index (χ4v) is 2.51. The van der Waals surface area contributed by atoms with Gasteiger partial charge in [0.1, 0.15) is 5.54 Å². The second kappa shape index (κ2) is 6.69. The van der Waals surface area contributed by atoms with Crippen molar-refractivity contribution in [2.24, 2.45) is 5.73 Å². The van der Waals surface area contributed by atoms with E-state index in [1.54, 1.807) is 12.1 Å². The van der Waals surface area contributed by atoms with Gasteiger partial charge in [0.05, 0.1) is 0 Å². The van der Waals surface area contributed by atoms with Crippen LogP contribution in [0.15, 0.2) is 24.3 Å². The van der Waals surface area contributed by atoms with E-state index in [1.807, 2.05) is 12.1 Å². The highest BCUT2D eigenvalue weighted by Gasteiger charge is 2.41. The second-order valence-corrected chi connectivity index (χ2v) is 5.15. The van der Waals surface area contributed by atoms with Crippen molar-refractivity contribution >= 4 is 11.9 Å². The number of amides is 1. The summed E-state index contributed by atoms with van der Waals surface area (Å²) >= 11 is 0. The fourth-order valence-electron chi connectivity index (χ4n) is 2.51. The number of nitrogens with one attached hydrogen (secondary N) is 1. The molecular formula is C15H20N2O4. The highest BCUT2D eigenvalue weighted by molar-refractivity contribution is 5.99. The van der Waals surface area contributed by atoms with Crippen molar-refractivity contribution in [3.05, 3.63) is 35.4 Å². The van der Waals surface area contributed by atoms with Crippen LogP contribution in [-0.2, 0) is 16.0 Å². The Morgan fingerprint density at radius 2 is 1.95 bits per heavy atom. The molecule has 4 N–H and O–H groups in total. The first-order valence-corrected chi connectivity index (χ1v) is 7.01. The molecular weight excluding hydrogens is 272 g/mol. The van der Waals surface area contributed by atoms with Crippen molar-refractivity contribution < 1.29 is 19.4 Å². The number of hydrogen-bond donors (Lipinski definition) is 3. The SMILES string of the molecule is NCCc1ccccc1C(=O)NC1(C(=O)O)CCOCC1. The van der Waals surface area contributed by atoms with E-state index >= 15 is 0 Å². The molecule has 2 rings (SSSR count). The van der Waals surface area contributed by atoms with Gasteiger partial charge in [-0.25, -0.2) is 4.79 Å². The molecule has 1 amide bonds. The van der Waals surface area contributed by atoms with Gasteiger partial charge in [0.25, 0.3) is 5.91 Å². The zero-order valence-electron chi connectivity index (χ0n) is 11.8. The van der Waals surface area contributed by atoms with Crippen LogP contribution < -0.4 is 11.1 Å². The molecule has 6 heteroatoms. The smallest absolute Gasteiger partial charge is 0.329 e. The fraction of sp³-hybridized carbons (Fsp3) is 0.467. The molecule has 1 fully saturated rings. The van der Waals surface area contributed by atoms with Gasteiger partial charge in [0.15, 0.2) is 0 Å². The minimum atomic E-state index is -1.24. The number of carboxylic acids is 1. The van der Waals surface area contributed by atoms with Gasteiger partial charge in [-0.1, -0.05) is 18.2 Å². The summed E-state index contributed by atoms with van der Waals surface area (Å²) in [6.07, 6.45) is 1.12. The van der Waals surface area contributed by atoms with Crippen molar-refractivity contribution in [2.75, 3.05) is 19.8 Å². The van der Waals surface area contributed by atoms with Gasteiger partial charge in [0.2, 0.25) is 0 Å². The van der Waals surface area contributed by atoms with Crippen molar-refractivity contribution in [2.45, 2.75) is 24.8 Å². The third-order valence-electron chi connectivity index (χ3n) is 3.78. The second-order valence-electron chi connectivity index (χ2n) is 5.15. The third kappa shape index (κ3) is 3.40. The molecule has 0 spiro atoms. The van der Waals surface area contributed by atoms with Crippen LogP contribution in [0.4, 0.5) is 0 Å². The molecule has 1 aromatic rings. The van der Waals surface area contributed by atoms with Crippen LogP contribution in [0, 0.1) is 0 Å². The average Bonchev–Trinajstić information content (AvgIpc) is 2.49. The number of benzene rings is 1. The molecule has 0 aromatic heterocycles. The lowest BCUT2D eigenvalue weighted by molar-refractivity contribution is -0.148. The van der Waals surface area contributed by atoms with Crippen LogP contribution >= 0.6 is 0 Å². The number of carbonyl (C=O) groups excluding carboxylic acids is 1. The molecule has 114 valence electrons. The Balaban J connectivity index is 2.21. The summed E-state index contributed by atoms with van der Waals surface area (Å²) in [5.74, 6) is -1.39. The lowest BCUT2D eigenvalue weighted by Crippen LogP contribution is -2.57. The number of aliphatic carboxylic acids is 1. The summed E-state index contributed by atoms with van der Waals surface area (Å²) < 4.78 is 5.19. The normalized spacial score (nSPS) is 17.2. The van der Waals surface area contributed by atoms with Crippen molar-refractivity contribution in [3.8, 4) is 0 Å². The molecule has 1 heterocycles. The topological polar surface area (TPSA) is 102 Å². The maximum absolute atomic E-state index is 12.5. The van der Waals surface area contributed by atoms with E-state index in [0.717, 1.165) is 5.56 Å². The molecule has 21 heavy (non-hydrogen) atoms. The molecule has 0 atom stereocenters. The van der Waals surface area contributed by atoms with E-state index in [1.165, 1.54) is 0 Å². The van der Waals surface area contributed by atoms with Crippen LogP contribution in [-0.4, -0.2) is 42.3 Å². The van der Waals surface area contributed by atoms with Gasteiger partial charge >= 0.3 is 5.97 Å².